The van der Waals surface area contributed by atoms with Crippen LogP contribution in [0.3, 0.4) is 0 Å². The van der Waals surface area contributed by atoms with Crippen molar-refractivity contribution in [1.82, 2.24) is 29.5 Å². The summed E-state index contributed by atoms with van der Waals surface area (Å²) in [5.41, 5.74) is 1.19. The van der Waals surface area contributed by atoms with Gasteiger partial charge in [0, 0.05) is 16.9 Å². The summed E-state index contributed by atoms with van der Waals surface area (Å²) in [6, 6.07) is 7.49. The Hall–Kier alpha value is -2.81. The first kappa shape index (κ1) is 34.1. The highest BCUT2D eigenvalue weighted by Gasteiger charge is 2.38. The predicted molar refractivity (Wildman–Crippen MR) is 177 cm³/mol. The number of fused-ring (bicyclic) bond motifs is 2. The maximum absolute atomic E-state index is 12.5. The number of halogens is 1. The van der Waals surface area contributed by atoms with Crippen molar-refractivity contribution < 1.29 is 9.59 Å². The number of carbonyl (C=O) groups is 2. The molecule has 10 heteroatoms. The summed E-state index contributed by atoms with van der Waals surface area (Å²) in [4.78, 5) is 32.8. The lowest BCUT2D eigenvalue weighted by atomic mass is 9.26. The van der Waals surface area contributed by atoms with E-state index in [9.17, 15) is 9.59 Å². The van der Waals surface area contributed by atoms with Crippen LogP contribution in [0.2, 0.25) is 23.0 Å². The van der Waals surface area contributed by atoms with Crippen LogP contribution in [-0.2, 0) is 16.0 Å². The Labute approximate surface area is 268 Å². The molecule has 2 saturated heterocycles. The molecule has 4 heterocycles. The van der Waals surface area contributed by atoms with E-state index < -0.39 is 0 Å². The van der Waals surface area contributed by atoms with Crippen LogP contribution in [0.1, 0.15) is 110 Å². The Balaban J connectivity index is 0.000000202. The number of benzene rings is 1. The first-order valence-electron chi connectivity index (χ1n) is 16.7. The summed E-state index contributed by atoms with van der Waals surface area (Å²) in [5.74, 6) is 2.47. The molecule has 8 nitrogen and oxygen atoms in total. The van der Waals surface area contributed by atoms with Crippen molar-refractivity contribution >= 4 is 29.9 Å². The summed E-state index contributed by atoms with van der Waals surface area (Å²) in [6.07, 6.45) is 20.9. The molecule has 2 aromatic heterocycles. The summed E-state index contributed by atoms with van der Waals surface area (Å²) in [7, 11) is 0. The fourth-order valence-electron chi connectivity index (χ4n) is 7.36. The van der Waals surface area contributed by atoms with Gasteiger partial charge in [0.25, 0.3) is 0 Å². The Morgan fingerprint density at radius 3 is 1.82 bits per heavy atom. The first-order valence-corrected chi connectivity index (χ1v) is 17.1. The summed E-state index contributed by atoms with van der Waals surface area (Å²) < 4.78 is 3.43. The second-order valence-electron chi connectivity index (χ2n) is 13.4. The number of ketones is 2. The number of aromatic nitrogens is 6. The quantitative estimate of drug-likeness (QED) is 0.169. The van der Waals surface area contributed by atoms with Gasteiger partial charge in [-0.1, -0.05) is 114 Å². The number of hydrogen-bond donors (Lipinski definition) is 0. The van der Waals surface area contributed by atoms with E-state index >= 15 is 0 Å². The SMILES string of the molecule is CC(C)C(=O)C(CCCB1C2CCCC1CCC2)n1cncn1.CC(C)C(=O)C(CCCc1cccc(Cl)c1)n1cncn1. The Bertz CT molecular complexity index is 1260. The normalized spacial score (nSPS) is 19.4. The van der Waals surface area contributed by atoms with Crippen LogP contribution in [0, 0.1) is 11.8 Å². The number of hydrogen-bond acceptors (Lipinski definition) is 6. The molecule has 5 rings (SSSR count). The fourth-order valence-corrected chi connectivity index (χ4v) is 7.57. The average molecular weight is 621 g/mol. The minimum absolute atomic E-state index is 0.00892. The smallest absolute Gasteiger partial charge is 0.159 e. The third-order valence-corrected chi connectivity index (χ3v) is 9.90. The summed E-state index contributed by atoms with van der Waals surface area (Å²) >= 11 is 5.98. The van der Waals surface area contributed by atoms with Crippen LogP contribution in [0.15, 0.2) is 49.6 Å². The molecule has 2 aliphatic heterocycles. The zero-order valence-electron chi connectivity index (χ0n) is 27.0. The molecule has 0 radical (unpaired) electrons. The van der Waals surface area contributed by atoms with E-state index in [0.717, 1.165) is 55.5 Å². The van der Waals surface area contributed by atoms with Gasteiger partial charge in [0.1, 0.15) is 44.1 Å². The van der Waals surface area contributed by atoms with Gasteiger partial charge in [-0.15, -0.1) is 0 Å². The second kappa shape index (κ2) is 17.0. The standard InChI is InChI=1S/C18H30BN3O.C16H20ClN3O/c1-14(2)18(23)17(22-13-20-12-21-22)10-5-11-19-15-6-3-7-16(19)9-4-8-15;1-12(2)16(21)15(20-11-18-10-19-20)8-4-6-13-5-3-7-14(17)9-13/h12-17H,3-11H2,1-2H3;3,5,7,9-12,15H,4,6,8H2,1-2H3. The molecular formula is C34H50BClN6O2. The highest BCUT2D eigenvalue weighted by molar-refractivity contribution is 6.62. The molecule has 44 heavy (non-hydrogen) atoms. The van der Waals surface area contributed by atoms with Gasteiger partial charge in [0.05, 0.1) is 0 Å². The van der Waals surface area contributed by atoms with E-state index in [1.807, 2.05) is 45.9 Å². The van der Waals surface area contributed by atoms with Crippen molar-refractivity contribution in [3.05, 3.63) is 60.2 Å². The van der Waals surface area contributed by atoms with Gasteiger partial charge in [-0.3, -0.25) is 9.59 Å². The van der Waals surface area contributed by atoms with E-state index in [1.54, 1.807) is 22.0 Å². The summed E-state index contributed by atoms with van der Waals surface area (Å²) in [6.45, 7) is 8.73. The first-order chi connectivity index (χ1) is 21.2. The van der Waals surface area contributed by atoms with Crippen LogP contribution in [-0.4, -0.2) is 47.8 Å². The Kier molecular flexibility index (Phi) is 13.2. The maximum Gasteiger partial charge on any atom is 0.159 e. The number of nitrogens with zero attached hydrogens (tertiary/aromatic N) is 6. The summed E-state index contributed by atoms with van der Waals surface area (Å²) in [5, 5.41) is 9.10. The Morgan fingerprint density at radius 1 is 0.841 bits per heavy atom. The van der Waals surface area contributed by atoms with Crippen molar-refractivity contribution in [2.75, 3.05) is 0 Å². The molecule has 3 aromatic rings. The van der Waals surface area contributed by atoms with Crippen LogP contribution in [0.25, 0.3) is 0 Å². The van der Waals surface area contributed by atoms with Crippen molar-refractivity contribution in [2.24, 2.45) is 11.8 Å². The lowest BCUT2D eigenvalue weighted by Crippen LogP contribution is -2.34. The molecular weight excluding hydrogens is 571 g/mol. The van der Waals surface area contributed by atoms with E-state index in [2.05, 4.69) is 26.2 Å². The zero-order chi connectivity index (χ0) is 31.5. The van der Waals surface area contributed by atoms with Crippen LogP contribution >= 0.6 is 11.6 Å². The van der Waals surface area contributed by atoms with E-state index in [-0.39, 0.29) is 29.7 Å². The number of carbonyl (C=O) groups excluding carboxylic acids is 2. The molecule has 0 N–H and O–H groups in total. The molecule has 2 bridgehead atoms. The fraction of sp³-hybridized carbons (Fsp3) is 0.647. The molecule has 2 aliphatic rings. The number of rotatable bonds is 14. The van der Waals surface area contributed by atoms with Gasteiger partial charge in [-0.2, -0.15) is 10.2 Å². The molecule has 0 amide bonds. The molecule has 2 fully saturated rings. The van der Waals surface area contributed by atoms with Crippen molar-refractivity contribution in [2.45, 2.75) is 128 Å². The van der Waals surface area contributed by atoms with Crippen LogP contribution in [0.5, 0.6) is 0 Å². The number of aryl methyl sites for hydroxylation is 1. The lowest BCUT2D eigenvalue weighted by Gasteiger charge is -2.40. The molecule has 2 unspecified atom stereocenters. The minimum Gasteiger partial charge on any atom is -0.297 e. The third kappa shape index (κ3) is 9.60. The van der Waals surface area contributed by atoms with Crippen molar-refractivity contribution in [3.63, 3.8) is 0 Å². The van der Waals surface area contributed by atoms with Gasteiger partial charge in [0.2, 0.25) is 0 Å². The van der Waals surface area contributed by atoms with E-state index in [4.69, 9.17) is 11.6 Å². The largest absolute Gasteiger partial charge is 0.297 e. The highest BCUT2D eigenvalue weighted by Crippen LogP contribution is 2.48. The van der Waals surface area contributed by atoms with Crippen molar-refractivity contribution in [1.29, 1.82) is 0 Å². The molecule has 0 saturated carbocycles. The van der Waals surface area contributed by atoms with Gasteiger partial charge < -0.3 is 0 Å². The van der Waals surface area contributed by atoms with Gasteiger partial charge >= 0.3 is 0 Å². The molecule has 0 spiro atoms. The van der Waals surface area contributed by atoms with E-state index in [1.165, 1.54) is 63.1 Å². The molecule has 2 atom stereocenters. The predicted octanol–water partition coefficient (Wildman–Crippen LogP) is 8.15. The zero-order valence-corrected chi connectivity index (χ0v) is 27.8. The molecule has 0 aliphatic carbocycles. The average Bonchev–Trinajstić information content (AvgIpc) is 3.73. The third-order valence-electron chi connectivity index (χ3n) is 9.66. The highest BCUT2D eigenvalue weighted by atomic mass is 35.5. The lowest BCUT2D eigenvalue weighted by molar-refractivity contribution is -0.126. The topological polar surface area (TPSA) is 95.6 Å². The number of Topliss-reactive ketones (excluding diaryl/α,β-unsaturated/α-hetero) is 2. The van der Waals surface area contributed by atoms with Gasteiger partial charge in [-0.05, 0) is 43.4 Å². The van der Waals surface area contributed by atoms with Gasteiger partial charge in [0.15, 0.2) is 11.6 Å². The van der Waals surface area contributed by atoms with Gasteiger partial charge in [-0.25, -0.2) is 19.3 Å². The molecule has 1 aromatic carbocycles. The second-order valence-corrected chi connectivity index (χ2v) is 13.8. The van der Waals surface area contributed by atoms with Crippen molar-refractivity contribution in [3.8, 4) is 0 Å². The monoisotopic (exact) mass is 620 g/mol. The minimum atomic E-state index is -0.230. The van der Waals surface area contributed by atoms with Crippen LogP contribution < -0.4 is 0 Å². The maximum atomic E-state index is 12.5. The Morgan fingerprint density at radius 2 is 1.36 bits per heavy atom. The molecule has 238 valence electrons. The van der Waals surface area contributed by atoms with Crippen LogP contribution in [0.4, 0.5) is 0 Å². The van der Waals surface area contributed by atoms with E-state index in [0.29, 0.717) is 5.78 Å².